The number of thioether (sulfide) groups is 1. The number of para-hydroxylation sites is 1. The third-order valence-electron chi connectivity index (χ3n) is 3.63. The molecule has 1 N–H and O–H groups in total. The van der Waals surface area contributed by atoms with Gasteiger partial charge in [0.2, 0.25) is 5.91 Å². The van der Waals surface area contributed by atoms with Crippen molar-refractivity contribution in [2.75, 3.05) is 11.1 Å². The van der Waals surface area contributed by atoms with Gasteiger partial charge in [-0.1, -0.05) is 32.0 Å². The van der Waals surface area contributed by atoms with Gasteiger partial charge < -0.3 is 5.32 Å². The van der Waals surface area contributed by atoms with Gasteiger partial charge in [-0.3, -0.25) is 4.79 Å². The molecule has 2 aromatic rings. The molecular formula is C18H19F2NOS. The molecule has 1 atom stereocenters. The Labute approximate surface area is 139 Å². The first-order valence-electron chi connectivity index (χ1n) is 7.48. The van der Waals surface area contributed by atoms with E-state index in [0.717, 1.165) is 47.6 Å². The Morgan fingerprint density at radius 1 is 1.22 bits per heavy atom. The second-order valence-corrected chi connectivity index (χ2v) is 6.33. The van der Waals surface area contributed by atoms with Gasteiger partial charge >= 0.3 is 0 Å². The van der Waals surface area contributed by atoms with Gasteiger partial charge in [0.1, 0.15) is 11.6 Å². The molecule has 0 aromatic heterocycles. The summed E-state index contributed by atoms with van der Waals surface area (Å²) in [5, 5.41) is 2.85. The van der Waals surface area contributed by atoms with Crippen LogP contribution in [0.4, 0.5) is 14.5 Å². The van der Waals surface area contributed by atoms with Crippen LogP contribution in [-0.4, -0.2) is 11.7 Å². The summed E-state index contributed by atoms with van der Waals surface area (Å²) in [6, 6.07) is 10.9. The van der Waals surface area contributed by atoms with Gasteiger partial charge in [-0.25, -0.2) is 8.78 Å². The Kier molecular flexibility index (Phi) is 6.16. The lowest BCUT2D eigenvalue weighted by molar-refractivity contribution is -0.113. The summed E-state index contributed by atoms with van der Waals surface area (Å²) in [5.74, 6) is -0.926. The first-order valence-corrected chi connectivity index (χ1v) is 8.46. The molecule has 0 radical (unpaired) electrons. The predicted octanol–water partition coefficient (Wildman–Crippen LogP) is 5.21. The largest absolute Gasteiger partial charge is 0.325 e. The molecule has 0 unspecified atom stereocenters. The highest BCUT2D eigenvalue weighted by molar-refractivity contribution is 8.00. The fourth-order valence-electron chi connectivity index (χ4n) is 2.18. The van der Waals surface area contributed by atoms with E-state index in [-0.39, 0.29) is 16.6 Å². The number of benzene rings is 2. The van der Waals surface area contributed by atoms with Crippen molar-refractivity contribution in [3.05, 3.63) is 59.7 Å². The Morgan fingerprint density at radius 2 is 1.96 bits per heavy atom. The van der Waals surface area contributed by atoms with Crippen LogP contribution in [0.1, 0.15) is 31.7 Å². The fraction of sp³-hybridized carbons (Fsp3) is 0.278. The van der Waals surface area contributed by atoms with E-state index in [2.05, 4.69) is 19.2 Å². The van der Waals surface area contributed by atoms with E-state index < -0.39 is 11.6 Å². The molecule has 5 heteroatoms. The molecule has 1 amide bonds. The Hall–Kier alpha value is -1.88. The van der Waals surface area contributed by atoms with Gasteiger partial charge in [-0.05, 0) is 42.2 Å². The molecule has 2 rings (SSSR count). The van der Waals surface area contributed by atoms with Crippen LogP contribution in [0.15, 0.2) is 47.4 Å². The number of carbonyl (C=O) groups excluding carboxylic acids is 1. The van der Waals surface area contributed by atoms with Gasteiger partial charge in [0.25, 0.3) is 0 Å². The summed E-state index contributed by atoms with van der Waals surface area (Å²) in [5.41, 5.74) is 1.84. The maximum Gasteiger partial charge on any atom is 0.234 e. The van der Waals surface area contributed by atoms with Crippen LogP contribution in [0, 0.1) is 11.6 Å². The van der Waals surface area contributed by atoms with Crippen LogP contribution in [0.3, 0.4) is 0 Å². The van der Waals surface area contributed by atoms with E-state index in [0.29, 0.717) is 5.92 Å². The topological polar surface area (TPSA) is 29.1 Å². The van der Waals surface area contributed by atoms with Gasteiger partial charge in [0.15, 0.2) is 0 Å². The minimum atomic E-state index is -0.524. The van der Waals surface area contributed by atoms with E-state index in [1.54, 1.807) is 0 Å². The zero-order valence-electron chi connectivity index (χ0n) is 13.1. The second-order valence-electron chi connectivity index (χ2n) is 5.31. The smallest absolute Gasteiger partial charge is 0.234 e. The summed E-state index contributed by atoms with van der Waals surface area (Å²) in [6.45, 7) is 4.19. The van der Waals surface area contributed by atoms with E-state index in [1.165, 1.54) is 0 Å². The number of anilines is 1. The van der Waals surface area contributed by atoms with Gasteiger partial charge in [0.05, 0.1) is 5.75 Å². The molecule has 2 aromatic carbocycles. The molecule has 122 valence electrons. The average Bonchev–Trinajstić information content (AvgIpc) is 2.55. The number of nitrogens with one attached hydrogen (secondary N) is 1. The van der Waals surface area contributed by atoms with Crippen LogP contribution in [0.2, 0.25) is 0 Å². The molecule has 0 spiro atoms. The zero-order chi connectivity index (χ0) is 16.8. The maximum absolute atomic E-state index is 13.5. The standard InChI is InChI=1S/C18H19F2NOS/c1-3-12(2)14-6-4-5-7-16(14)21-18(22)11-23-17-10-13(19)8-9-15(17)20/h4-10,12H,3,11H2,1-2H3,(H,21,22)/t12-/m0/s1. The summed E-state index contributed by atoms with van der Waals surface area (Å²) < 4.78 is 26.7. The third kappa shape index (κ3) is 4.79. The summed E-state index contributed by atoms with van der Waals surface area (Å²) in [4.78, 5) is 12.2. The summed E-state index contributed by atoms with van der Waals surface area (Å²) in [6.07, 6.45) is 0.968. The van der Waals surface area contributed by atoms with Gasteiger partial charge in [-0.2, -0.15) is 0 Å². The van der Waals surface area contributed by atoms with Crippen LogP contribution in [-0.2, 0) is 4.79 Å². The van der Waals surface area contributed by atoms with E-state index in [4.69, 9.17) is 0 Å². The van der Waals surface area contributed by atoms with Crippen LogP contribution in [0.25, 0.3) is 0 Å². The molecule has 23 heavy (non-hydrogen) atoms. The van der Waals surface area contributed by atoms with Crippen molar-refractivity contribution in [1.82, 2.24) is 0 Å². The predicted molar refractivity (Wildman–Crippen MR) is 90.9 cm³/mol. The molecule has 0 fully saturated rings. The molecule has 0 saturated carbocycles. The van der Waals surface area contributed by atoms with Gasteiger partial charge in [0, 0.05) is 10.6 Å². The number of hydrogen-bond acceptors (Lipinski definition) is 2. The summed E-state index contributed by atoms with van der Waals surface area (Å²) >= 11 is 0.982. The molecule has 0 aliphatic carbocycles. The fourth-order valence-corrected chi connectivity index (χ4v) is 2.94. The number of halogens is 2. The number of rotatable bonds is 6. The molecular weight excluding hydrogens is 316 g/mol. The Balaban J connectivity index is 2.02. The highest BCUT2D eigenvalue weighted by Crippen LogP contribution is 2.27. The molecule has 0 aliphatic rings. The van der Waals surface area contributed by atoms with Crippen molar-refractivity contribution in [2.45, 2.75) is 31.1 Å². The van der Waals surface area contributed by atoms with Crippen LogP contribution in [0.5, 0.6) is 0 Å². The lowest BCUT2D eigenvalue weighted by Gasteiger charge is -2.15. The minimum Gasteiger partial charge on any atom is -0.325 e. The zero-order valence-corrected chi connectivity index (χ0v) is 13.9. The first-order chi connectivity index (χ1) is 11.0. The van der Waals surface area contributed by atoms with Crippen molar-refractivity contribution >= 4 is 23.4 Å². The monoisotopic (exact) mass is 335 g/mol. The first kappa shape index (κ1) is 17.5. The van der Waals surface area contributed by atoms with E-state index in [9.17, 15) is 13.6 Å². The van der Waals surface area contributed by atoms with Crippen LogP contribution >= 0.6 is 11.8 Å². The molecule has 0 aliphatic heterocycles. The lowest BCUT2D eigenvalue weighted by Crippen LogP contribution is -2.16. The molecule has 0 heterocycles. The van der Waals surface area contributed by atoms with Crippen molar-refractivity contribution < 1.29 is 13.6 Å². The molecule has 0 saturated heterocycles. The third-order valence-corrected chi connectivity index (χ3v) is 4.66. The lowest BCUT2D eigenvalue weighted by atomic mass is 9.97. The van der Waals surface area contributed by atoms with Crippen molar-refractivity contribution in [1.29, 1.82) is 0 Å². The molecule has 0 bridgehead atoms. The normalized spacial score (nSPS) is 12.0. The second kappa shape index (κ2) is 8.11. The highest BCUT2D eigenvalue weighted by atomic mass is 32.2. The quantitative estimate of drug-likeness (QED) is 0.734. The minimum absolute atomic E-state index is 0.0230. The number of amides is 1. The van der Waals surface area contributed by atoms with Crippen molar-refractivity contribution in [3.8, 4) is 0 Å². The van der Waals surface area contributed by atoms with E-state index in [1.807, 2.05) is 24.3 Å². The highest BCUT2D eigenvalue weighted by Gasteiger charge is 2.12. The van der Waals surface area contributed by atoms with Crippen molar-refractivity contribution in [2.24, 2.45) is 0 Å². The maximum atomic E-state index is 13.5. The summed E-state index contributed by atoms with van der Waals surface area (Å²) in [7, 11) is 0. The van der Waals surface area contributed by atoms with E-state index >= 15 is 0 Å². The average molecular weight is 335 g/mol. The Morgan fingerprint density at radius 3 is 2.70 bits per heavy atom. The number of carbonyl (C=O) groups is 1. The van der Waals surface area contributed by atoms with Crippen LogP contribution < -0.4 is 5.32 Å². The Bertz CT molecular complexity index is 690. The number of hydrogen-bond donors (Lipinski definition) is 1. The SMILES string of the molecule is CC[C@H](C)c1ccccc1NC(=O)CSc1cc(F)ccc1F. The van der Waals surface area contributed by atoms with Gasteiger partial charge in [-0.15, -0.1) is 11.8 Å². The molecule has 2 nitrogen and oxygen atoms in total. The van der Waals surface area contributed by atoms with Crippen molar-refractivity contribution in [3.63, 3.8) is 0 Å².